The maximum atomic E-state index is 5.54. The molecule has 5 heteroatoms. The number of aromatic nitrogens is 1. The fourth-order valence-electron chi connectivity index (χ4n) is 2.14. The zero-order valence-electron chi connectivity index (χ0n) is 12.1. The predicted octanol–water partition coefficient (Wildman–Crippen LogP) is 3.25. The topological polar surface area (TPSA) is 43.4 Å². The van der Waals surface area contributed by atoms with Crippen LogP contribution in [0.3, 0.4) is 0 Å². The maximum Gasteiger partial charge on any atom is 0.165 e. The van der Waals surface area contributed by atoms with E-state index in [4.69, 9.17) is 9.47 Å². The molecule has 1 unspecified atom stereocenters. The molecule has 1 aromatic heterocycles. The number of rotatable bonds is 7. The van der Waals surface area contributed by atoms with Gasteiger partial charge in [-0.15, -0.1) is 11.3 Å². The summed E-state index contributed by atoms with van der Waals surface area (Å²) >= 11 is 1.64. The summed E-state index contributed by atoms with van der Waals surface area (Å²) < 4.78 is 10.9. The van der Waals surface area contributed by atoms with Gasteiger partial charge in [0.25, 0.3) is 0 Å². The molecule has 0 radical (unpaired) electrons. The van der Waals surface area contributed by atoms with E-state index in [0.717, 1.165) is 35.0 Å². The second-order valence-corrected chi connectivity index (χ2v) is 5.27. The van der Waals surface area contributed by atoms with Crippen LogP contribution in [0.4, 0.5) is 0 Å². The third-order valence-corrected chi connectivity index (χ3v) is 3.88. The summed E-state index contributed by atoms with van der Waals surface area (Å²) in [7, 11) is 3.32. The van der Waals surface area contributed by atoms with Crippen LogP contribution in [0.1, 0.15) is 30.0 Å². The fraction of sp³-hybridized carbons (Fsp3) is 0.400. The lowest BCUT2D eigenvalue weighted by atomic mass is 10.1. The second kappa shape index (κ2) is 7.26. The zero-order chi connectivity index (χ0) is 14.4. The van der Waals surface area contributed by atoms with Gasteiger partial charge in [-0.3, -0.25) is 0 Å². The number of para-hydroxylation sites is 1. The summed E-state index contributed by atoms with van der Waals surface area (Å²) in [5.74, 6) is 1.50. The molecule has 1 heterocycles. The molecular formula is C15H20N2O2S. The average Bonchev–Trinajstić information content (AvgIpc) is 3.01. The van der Waals surface area contributed by atoms with Gasteiger partial charge < -0.3 is 14.8 Å². The van der Waals surface area contributed by atoms with Crippen molar-refractivity contribution in [3.05, 3.63) is 40.3 Å². The molecule has 4 nitrogen and oxygen atoms in total. The molecule has 0 saturated carbocycles. The lowest BCUT2D eigenvalue weighted by molar-refractivity contribution is 0.348. The number of thiazole rings is 1. The largest absolute Gasteiger partial charge is 0.493 e. The number of benzene rings is 1. The SMILES string of the molecule is CCCNC(c1nccs1)c1cccc(OC)c1OC. The van der Waals surface area contributed by atoms with Gasteiger partial charge in [0, 0.05) is 17.1 Å². The minimum Gasteiger partial charge on any atom is -0.493 e. The van der Waals surface area contributed by atoms with E-state index >= 15 is 0 Å². The molecule has 1 aromatic carbocycles. The normalized spacial score (nSPS) is 12.2. The van der Waals surface area contributed by atoms with Gasteiger partial charge in [-0.1, -0.05) is 19.1 Å². The first kappa shape index (κ1) is 14.8. The van der Waals surface area contributed by atoms with Crippen LogP contribution < -0.4 is 14.8 Å². The monoisotopic (exact) mass is 292 g/mol. The van der Waals surface area contributed by atoms with E-state index in [9.17, 15) is 0 Å². The molecule has 1 N–H and O–H groups in total. The molecule has 0 spiro atoms. The molecule has 0 bridgehead atoms. The van der Waals surface area contributed by atoms with Crippen molar-refractivity contribution in [2.45, 2.75) is 19.4 Å². The van der Waals surface area contributed by atoms with Crippen molar-refractivity contribution in [1.29, 1.82) is 0 Å². The molecule has 20 heavy (non-hydrogen) atoms. The first-order valence-electron chi connectivity index (χ1n) is 6.65. The maximum absolute atomic E-state index is 5.54. The molecule has 0 aliphatic rings. The Kier molecular flexibility index (Phi) is 5.38. The van der Waals surface area contributed by atoms with Crippen molar-refractivity contribution in [2.24, 2.45) is 0 Å². The Hall–Kier alpha value is -1.59. The molecular weight excluding hydrogens is 272 g/mol. The van der Waals surface area contributed by atoms with Gasteiger partial charge in [-0.05, 0) is 19.0 Å². The number of ether oxygens (including phenoxy) is 2. The van der Waals surface area contributed by atoms with E-state index < -0.39 is 0 Å². The Morgan fingerprint density at radius 2 is 2.15 bits per heavy atom. The Morgan fingerprint density at radius 1 is 1.30 bits per heavy atom. The summed E-state index contributed by atoms with van der Waals surface area (Å²) in [5, 5.41) is 6.55. The summed E-state index contributed by atoms with van der Waals surface area (Å²) in [6, 6.07) is 5.96. The predicted molar refractivity (Wildman–Crippen MR) is 81.8 cm³/mol. The Labute approximate surface area is 123 Å². The van der Waals surface area contributed by atoms with E-state index in [1.807, 2.05) is 23.7 Å². The van der Waals surface area contributed by atoms with Crippen LogP contribution in [0.5, 0.6) is 11.5 Å². The van der Waals surface area contributed by atoms with E-state index in [2.05, 4.69) is 23.3 Å². The van der Waals surface area contributed by atoms with E-state index in [1.165, 1.54) is 0 Å². The third kappa shape index (κ3) is 3.11. The number of methoxy groups -OCH3 is 2. The molecule has 0 aliphatic heterocycles. The van der Waals surface area contributed by atoms with Crippen molar-refractivity contribution >= 4 is 11.3 Å². The third-order valence-electron chi connectivity index (χ3n) is 3.04. The average molecular weight is 292 g/mol. The molecule has 0 aliphatic carbocycles. The lowest BCUT2D eigenvalue weighted by Gasteiger charge is -2.20. The zero-order valence-corrected chi connectivity index (χ0v) is 12.9. The van der Waals surface area contributed by atoms with Gasteiger partial charge in [-0.2, -0.15) is 0 Å². The van der Waals surface area contributed by atoms with Gasteiger partial charge in [0.15, 0.2) is 11.5 Å². The van der Waals surface area contributed by atoms with Crippen LogP contribution in [-0.2, 0) is 0 Å². The lowest BCUT2D eigenvalue weighted by Crippen LogP contribution is -2.23. The highest BCUT2D eigenvalue weighted by Crippen LogP contribution is 2.37. The Balaban J connectivity index is 2.43. The minimum absolute atomic E-state index is 0.0278. The van der Waals surface area contributed by atoms with E-state index in [1.54, 1.807) is 25.6 Å². The minimum atomic E-state index is 0.0278. The van der Waals surface area contributed by atoms with Gasteiger partial charge >= 0.3 is 0 Å². The molecule has 0 fully saturated rings. The summed E-state index contributed by atoms with van der Waals surface area (Å²) in [4.78, 5) is 4.44. The van der Waals surface area contributed by atoms with Crippen molar-refractivity contribution in [1.82, 2.24) is 10.3 Å². The first-order chi connectivity index (χ1) is 9.81. The quantitative estimate of drug-likeness (QED) is 0.850. The van der Waals surface area contributed by atoms with Gasteiger partial charge in [0.1, 0.15) is 5.01 Å². The smallest absolute Gasteiger partial charge is 0.165 e. The highest BCUT2D eigenvalue weighted by molar-refractivity contribution is 7.09. The van der Waals surface area contributed by atoms with Crippen LogP contribution in [0, 0.1) is 0 Å². The standard InChI is InChI=1S/C15H20N2O2S/c1-4-8-16-13(15-17-9-10-20-15)11-6-5-7-12(18-2)14(11)19-3/h5-7,9-10,13,16H,4,8H2,1-3H3. The number of hydrogen-bond acceptors (Lipinski definition) is 5. The van der Waals surface area contributed by atoms with Gasteiger partial charge in [0.05, 0.1) is 20.3 Å². The van der Waals surface area contributed by atoms with Gasteiger partial charge in [-0.25, -0.2) is 4.98 Å². The Morgan fingerprint density at radius 3 is 2.75 bits per heavy atom. The number of nitrogens with zero attached hydrogens (tertiary/aromatic N) is 1. The van der Waals surface area contributed by atoms with Crippen LogP contribution in [0.2, 0.25) is 0 Å². The van der Waals surface area contributed by atoms with Crippen molar-refractivity contribution in [3.8, 4) is 11.5 Å². The fourth-order valence-corrected chi connectivity index (χ4v) is 2.86. The van der Waals surface area contributed by atoms with Crippen LogP contribution >= 0.6 is 11.3 Å². The van der Waals surface area contributed by atoms with Crippen LogP contribution in [0.15, 0.2) is 29.8 Å². The molecule has 2 rings (SSSR count). The second-order valence-electron chi connectivity index (χ2n) is 4.34. The number of hydrogen-bond donors (Lipinski definition) is 1. The number of nitrogens with one attached hydrogen (secondary N) is 1. The van der Waals surface area contributed by atoms with E-state index in [0.29, 0.717) is 0 Å². The summed E-state index contributed by atoms with van der Waals surface area (Å²) in [5.41, 5.74) is 1.05. The summed E-state index contributed by atoms with van der Waals surface area (Å²) in [6.07, 6.45) is 2.89. The molecule has 2 aromatic rings. The van der Waals surface area contributed by atoms with Gasteiger partial charge in [0.2, 0.25) is 0 Å². The van der Waals surface area contributed by atoms with Crippen LogP contribution in [-0.4, -0.2) is 25.7 Å². The Bertz CT molecular complexity index is 529. The highest BCUT2D eigenvalue weighted by Gasteiger charge is 2.22. The van der Waals surface area contributed by atoms with E-state index in [-0.39, 0.29) is 6.04 Å². The molecule has 0 saturated heterocycles. The first-order valence-corrected chi connectivity index (χ1v) is 7.53. The van der Waals surface area contributed by atoms with Crippen molar-refractivity contribution < 1.29 is 9.47 Å². The summed E-state index contributed by atoms with van der Waals surface area (Å²) in [6.45, 7) is 3.07. The molecule has 0 amide bonds. The van der Waals surface area contributed by atoms with Crippen molar-refractivity contribution in [3.63, 3.8) is 0 Å². The highest BCUT2D eigenvalue weighted by atomic mass is 32.1. The molecule has 108 valence electrons. The van der Waals surface area contributed by atoms with Crippen molar-refractivity contribution in [2.75, 3.05) is 20.8 Å². The van der Waals surface area contributed by atoms with Crippen LogP contribution in [0.25, 0.3) is 0 Å². The molecule has 1 atom stereocenters.